The molecule has 0 radical (unpaired) electrons. The highest BCUT2D eigenvalue weighted by molar-refractivity contribution is 9.10. The fourth-order valence-corrected chi connectivity index (χ4v) is 3.50. The monoisotopic (exact) mass is 321 g/mol. The molecular weight excluding hydrogens is 298 g/mol. The molecule has 1 aromatic rings. The Hall–Kier alpha value is -0.600. The third-order valence-electron chi connectivity index (χ3n) is 3.95. The van der Waals surface area contributed by atoms with Crippen molar-refractivity contribution in [3.8, 4) is 0 Å². The van der Waals surface area contributed by atoms with Crippen molar-refractivity contribution < 1.29 is 0 Å². The average molecular weight is 322 g/mol. The molecule has 1 aliphatic carbocycles. The van der Waals surface area contributed by atoms with Crippen molar-refractivity contribution in [1.29, 1.82) is 0 Å². The summed E-state index contributed by atoms with van der Waals surface area (Å²) >= 11 is 3.54. The Kier molecular flexibility index (Phi) is 5.23. The van der Waals surface area contributed by atoms with Crippen LogP contribution in [0.5, 0.6) is 0 Å². The summed E-state index contributed by atoms with van der Waals surface area (Å²) in [7, 11) is 0. The summed E-state index contributed by atoms with van der Waals surface area (Å²) in [5.41, 5.74) is 2.91. The van der Waals surface area contributed by atoms with Gasteiger partial charge in [0.25, 0.3) is 0 Å². The SMILES string of the molecule is CC1=CC(C)CC(CN[C@@H](C)c2cccc(Br)c2)C1. The molecule has 0 heterocycles. The molecule has 0 amide bonds. The fraction of sp³-hybridized carbons (Fsp3) is 0.529. The highest BCUT2D eigenvalue weighted by Gasteiger charge is 2.18. The van der Waals surface area contributed by atoms with E-state index in [-0.39, 0.29) is 0 Å². The van der Waals surface area contributed by atoms with Gasteiger partial charge in [-0.3, -0.25) is 0 Å². The van der Waals surface area contributed by atoms with Crippen LogP contribution in [0.2, 0.25) is 0 Å². The van der Waals surface area contributed by atoms with E-state index in [2.05, 4.69) is 72.4 Å². The number of rotatable bonds is 4. The van der Waals surface area contributed by atoms with E-state index in [1.54, 1.807) is 5.57 Å². The number of benzene rings is 1. The predicted molar refractivity (Wildman–Crippen MR) is 86.2 cm³/mol. The Morgan fingerprint density at radius 3 is 2.89 bits per heavy atom. The molecule has 0 saturated heterocycles. The predicted octanol–water partition coefficient (Wildman–Crippen LogP) is 5.09. The van der Waals surface area contributed by atoms with Gasteiger partial charge in [0.05, 0.1) is 0 Å². The Labute approximate surface area is 125 Å². The minimum Gasteiger partial charge on any atom is -0.310 e. The van der Waals surface area contributed by atoms with Crippen molar-refractivity contribution in [3.63, 3.8) is 0 Å². The minimum atomic E-state index is 0.416. The summed E-state index contributed by atoms with van der Waals surface area (Å²) < 4.78 is 1.16. The zero-order chi connectivity index (χ0) is 13.8. The molecular formula is C17H24BrN. The molecule has 0 aromatic heterocycles. The lowest BCUT2D eigenvalue weighted by Crippen LogP contribution is -2.28. The van der Waals surface area contributed by atoms with E-state index in [0.29, 0.717) is 6.04 Å². The second kappa shape index (κ2) is 6.71. The molecule has 0 spiro atoms. The van der Waals surface area contributed by atoms with Gasteiger partial charge in [-0.05, 0) is 62.8 Å². The molecule has 2 unspecified atom stereocenters. The van der Waals surface area contributed by atoms with Crippen LogP contribution in [0, 0.1) is 11.8 Å². The number of hydrogen-bond acceptors (Lipinski definition) is 1. The number of nitrogens with one attached hydrogen (secondary N) is 1. The molecule has 1 nitrogen and oxygen atoms in total. The first-order valence-electron chi connectivity index (χ1n) is 7.20. The molecule has 1 aromatic carbocycles. The van der Waals surface area contributed by atoms with Crippen LogP contribution < -0.4 is 5.32 Å². The van der Waals surface area contributed by atoms with Crippen LogP contribution in [0.1, 0.15) is 45.2 Å². The zero-order valence-electron chi connectivity index (χ0n) is 12.1. The summed E-state index contributed by atoms with van der Waals surface area (Å²) in [6.45, 7) is 7.95. The molecule has 2 heteroatoms. The first kappa shape index (κ1) is 14.8. The fourth-order valence-electron chi connectivity index (χ4n) is 3.08. The maximum Gasteiger partial charge on any atom is 0.0292 e. The lowest BCUT2D eigenvalue weighted by molar-refractivity contribution is 0.366. The summed E-state index contributed by atoms with van der Waals surface area (Å²) in [6.07, 6.45) is 4.99. The van der Waals surface area contributed by atoms with Gasteiger partial charge < -0.3 is 5.32 Å². The maximum atomic E-state index is 3.69. The normalized spacial score (nSPS) is 24.9. The van der Waals surface area contributed by atoms with E-state index in [1.807, 2.05) is 0 Å². The van der Waals surface area contributed by atoms with Gasteiger partial charge in [0, 0.05) is 10.5 Å². The van der Waals surface area contributed by atoms with Crippen LogP contribution >= 0.6 is 15.9 Å². The van der Waals surface area contributed by atoms with Crippen molar-refractivity contribution in [1.82, 2.24) is 5.32 Å². The van der Waals surface area contributed by atoms with Crippen LogP contribution in [0.25, 0.3) is 0 Å². The Bertz CT molecular complexity index is 452. The molecule has 104 valence electrons. The highest BCUT2D eigenvalue weighted by atomic mass is 79.9. The number of halogens is 1. The average Bonchev–Trinajstić information content (AvgIpc) is 2.35. The van der Waals surface area contributed by atoms with E-state index in [0.717, 1.165) is 22.9 Å². The Balaban J connectivity index is 1.87. The number of allylic oxidation sites excluding steroid dienone is 2. The number of hydrogen-bond donors (Lipinski definition) is 1. The van der Waals surface area contributed by atoms with Crippen LogP contribution in [0.3, 0.4) is 0 Å². The van der Waals surface area contributed by atoms with E-state index in [9.17, 15) is 0 Å². The molecule has 0 bridgehead atoms. The third-order valence-corrected chi connectivity index (χ3v) is 4.44. The summed E-state index contributed by atoms with van der Waals surface area (Å²) in [4.78, 5) is 0. The quantitative estimate of drug-likeness (QED) is 0.761. The minimum absolute atomic E-state index is 0.416. The second-order valence-electron chi connectivity index (χ2n) is 5.98. The lowest BCUT2D eigenvalue weighted by atomic mass is 9.83. The molecule has 2 rings (SSSR count). The highest BCUT2D eigenvalue weighted by Crippen LogP contribution is 2.28. The molecule has 1 N–H and O–H groups in total. The van der Waals surface area contributed by atoms with Crippen LogP contribution in [-0.4, -0.2) is 6.54 Å². The van der Waals surface area contributed by atoms with E-state index in [4.69, 9.17) is 0 Å². The first-order chi connectivity index (χ1) is 9.04. The van der Waals surface area contributed by atoms with Crippen molar-refractivity contribution in [2.45, 2.75) is 39.7 Å². The van der Waals surface area contributed by atoms with Crippen LogP contribution in [-0.2, 0) is 0 Å². The summed E-state index contributed by atoms with van der Waals surface area (Å²) in [6, 6.07) is 8.99. The van der Waals surface area contributed by atoms with Gasteiger partial charge in [0.2, 0.25) is 0 Å². The molecule has 3 atom stereocenters. The van der Waals surface area contributed by atoms with E-state index in [1.165, 1.54) is 18.4 Å². The molecule has 0 saturated carbocycles. The molecule has 0 fully saturated rings. The van der Waals surface area contributed by atoms with E-state index < -0.39 is 0 Å². The van der Waals surface area contributed by atoms with Crippen LogP contribution in [0.15, 0.2) is 40.4 Å². The summed E-state index contributed by atoms with van der Waals surface area (Å²) in [5, 5.41) is 3.69. The van der Waals surface area contributed by atoms with Crippen molar-refractivity contribution in [2.75, 3.05) is 6.54 Å². The van der Waals surface area contributed by atoms with Crippen molar-refractivity contribution in [3.05, 3.63) is 46.0 Å². The van der Waals surface area contributed by atoms with Gasteiger partial charge in [-0.1, -0.05) is 46.6 Å². The third kappa shape index (κ3) is 4.47. The standard InChI is InChI=1S/C17H24BrN/c1-12-7-13(2)9-15(8-12)11-19-14(3)16-5-4-6-17(18)10-16/h4-7,10,12,14-15,19H,8-9,11H2,1-3H3/t12?,14-,15?/m0/s1. The van der Waals surface area contributed by atoms with Crippen molar-refractivity contribution >= 4 is 15.9 Å². The van der Waals surface area contributed by atoms with Gasteiger partial charge in [-0.15, -0.1) is 0 Å². The molecule has 19 heavy (non-hydrogen) atoms. The van der Waals surface area contributed by atoms with Gasteiger partial charge >= 0.3 is 0 Å². The maximum absolute atomic E-state index is 3.69. The van der Waals surface area contributed by atoms with Crippen molar-refractivity contribution in [2.24, 2.45) is 11.8 Å². The second-order valence-corrected chi connectivity index (χ2v) is 6.90. The largest absolute Gasteiger partial charge is 0.310 e. The lowest BCUT2D eigenvalue weighted by Gasteiger charge is -2.27. The van der Waals surface area contributed by atoms with Gasteiger partial charge in [-0.25, -0.2) is 0 Å². The van der Waals surface area contributed by atoms with Gasteiger partial charge in [0.15, 0.2) is 0 Å². The van der Waals surface area contributed by atoms with Gasteiger partial charge in [0.1, 0.15) is 0 Å². The first-order valence-corrected chi connectivity index (χ1v) is 8.00. The molecule has 1 aliphatic rings. The Morgan fingerprint density at radius 2 is 2.21 bits per heavy atom. The smallest absolute Gasteiger partial charge is 0.0292 e. The Morgan fingerprint density at radius 1 is 1.42 bits per heavy atom. The molecule has 0 aliphatic heterocycles. The summed E-state index contributed by atoms with van der Waals surface area (Å²) in [5.74, 6) is 1.52. The van der Waals surface area contributed by atoms with E-state index >= 15 is 0 Å². The zero-order valence-corrected chi connectivity index (χ0v) is 13.7. The van der Waals surface area contributed by atoms with Crippen LogP contribution in [0.4, 0.5) is 0 Å². The van der Waals surface area contributed by atoms with Gasteiger partial charge in [-0.2, -0.15) is 0 Å². The topological polar surface area (TPSA) is 12.0 Å².